The maximum Gasteiger partial charge on any atom is 0.233 e. The normalized spacial score (nSPS) is 22.2. The number of nitrogens with zero attached hydrogens (tertiary/aromatic N) is 4. The van der Waals surface area contributed by atoms with Gasteiger partial charge in [0.15, 0.2) is 6.20 Å². The summed E-state index contributed by atoms with van der Waals surface area (Å²) >= 11 is 0. The average molecular weight is 714 g/mol. The van der Waals surface area contributed by atoms with Crippen molar-refractivity contribution in [1.82, 2.24) is 4.90 Å². The molecule has 3 aliphatic heterocycles. The minimum absolute atomic E-state index is 0.723. The summed E-state index contributed by atoms with van der Waals surface area (Å²) in [5.74, 6) is 2.17. The molecule has 4 heteroatoms. The molecule has 0 saturated heterocycles. The first kappa shape index (κ1) is 37.0. The third-order valence-electron chi connectivity index (χ3n) is 11.9. The molecule has 1 unspecified atom stereocenters. The molecule has 1 aromatic heterocycles. The highest BCUT2D eigenvalue weighted by Gasteiger charge is 2.30. The number of aromatic nitrogens is 1. The summed E-state index contributed by atoms with van der Waals surface area (Å²) in [7, 11) is 2.09. The van der Waals surface area contributed by atoms with E-state index in [0.717, 1.165) is 42.4 Å². The number of likely N-dealkylation sites (N-methyl/N-ethyl adjacent to an activating group) is 1. The van der Waals surface area contributed by atoms with Crippen molar-refractivity contribution in [2.45, 2.75) is 71.6 Å². The molecule has 7 rings (SSSR count). The zero-order valence-corrected chi connectivity index (χ0v) is 32.6. The van der Waals surface area contributed by atoms with Crippen molar-refractivity contribution >= 4 is 19.1 Å². The summed E-state index contributed by atoms with van der Waals surface area (Å²) in [4.78, 5) is 2.16. The largest absolute Gasteiger partial charge is 0.346 e. The van der Waals surface area contributed by atoms with Gasteiger partial charge in [0, 0.05) is 24.9 Å². The third kappa shape index (κ3) is 8.71. The molecule has 0 amide bonds. The first-order chi connectivity index (χ1) is 26.2. The van der Waals surface area contributed by atoms with Gasteiger partial charge in [-0.15, -0.1) is 12.1 Å². The fourth-order valence-corrected chi connectivity index (χ4v) is 8.98. The third-order valence-corrected chi connectivity index (χ3v) is 11.9. The molecule has 1 fully saturated rings. The van der Waals surface area contributed by atoms with Crippen LogP contribution in [0.1, 0.15) is 79.2 Å². The van der Waals surface area contributed by atoms with E-state index in [9.17, 15) is 0 Å². The monoisotopic (exact) mass is 713 g/mol. The lowest BCUT2D eigenvalue weighted by Crippen LogP contribution is -2.39. The van der Waals surface area contributed by atoms with E-state index in [2.05, 4.69) is 187 Å². The van der Waals surface area contributed by atoms with E-state index in [1.807, 2.05) is 0 Å². The van der Waals surface area contributed by atoms with Crippen LogP contribution in [0.25, 0.3) is 5.70 Å². The Balaban J connectivity index is 1.01. The van der Waals surface area contributed by atoms with Crippen LogP contribution in [0.15, 0.2) is 139 Å². The van der Waals surface area contributed by atoms with Gasteiger partial charge in [-0.2, -0.15) is 4.24 Å². The minimum Gasteiger partial charge on any atom is -0.346 e. The highest BCUT2D eigenvalue weighted by atomic mass is 15.1. The molecule has 0 radical (unpaired) electrons. The smallest absolute Gasteiger partial charge is 0.233 e. The van der Waals surface area contributed by atoms with Gasteiger partial charge in [0.2, 0.25) is 5.35 Å². The summed E-state index contributed by atoms with van der Waals surface area (Å²) in [5, 5.41) is 1.13. The maximum atomic E-state index is 4.39. The van der Waals surface area contributed by atoms with E-state index in [-0.39, 0.29) is 0 Å². The zero-order valence-electron chi connectivity index (χ0n) is 32.6. The van der Waals surface area contributed by atoms with Crippen molar-refractivity contribution in [3.63, 3.8) is 0 Å². The Hall–Kier alpha value is -5.35. The van der Waals surface area contributed by atoms with Gasteiger partial charge in [0.1, 0.15) is 36.9 Å². The van der Waals surface area contributed by atoms with Crippen LogP contribution in [0.4, 0.5) is 0 Å². The molecule has 3 atom stereocenters. The minimum atomic E-state index is 0.723. The van der Waals surface area contributed by atoms with Gasteiger partial charge < -0.3 is 4.90 Å². The fourth-order valence-electron chi connectivity index (χ4n) is 8.98. The van der Waals surface area contributed by atoms with Crippen LogP contribution in [0.5, 0.6) is 0 Å². The van der Waals surface area contributed by atoms with Crippen LogP contribution < -0.4 is 9.59 Å². The van der Waals surface area contributed by atoms with Crippen LogP contribution >= 0.6 is 0 Å². The molecule has 54 heavy (non-hydrogen) atoms. The molecule has 0 spiro atoms. The second kappa shape index (κ2) is 16.8. The van der Waals surface area contributed by atoms with Crippen molar-refractivity contribution in [3.8, 4) is 0 Å². The fraction of sp³-hybridized carbons (Fsp3) is 0.300. The van der Waals surface area contributed by atoms with E-state index >= 15 is 0 Å². The lowest BCUT2D eigenvalue weighted by Gasteiger charge is -2.36. The van der Waals surface area contributed by atoms with Crippen molar-refractivity contribution in [3.05, 3.63) is 191 Å². The summed E-state index contributed by atoms with van der Waals surface area (Å²) in [6.07, 6.45) is 35.2. The first-order valence-electron chi connectivity index (χ1n) is 19.8. The van der Waals surface area contributed by atoms with Crippen molar-refractivity contribution in [2.75, 3.05) is 7.05 Å². The molecule has 1 aliphatic carbocycles. The van der Waals surface area contributed by atoms with E-state index < -0.39 is 0 Å². The number of aryl methyl sites for hydroxylation is 3. The van der Waals surface area contributed by atoms with Crippen LogP contribution in [0.3, 0.4) is 0 Å². The van der Waals surface area contributed by atoms with E-state index in [1.165, 1.54) is 95.3 Å². The first-order valence-corrected chi connectivity index (χ1v) is 19.8. The Morgan fingerprint density at radius 2 is 1.17 bits per heavy atom. The highest BCUT2D eigenvalue weighted by molar-refractivity contribution is 5.56. The molecular weight excluding hydrogens is 657 g/mol. The molecule has 3 aromatic rings. The second-order valence-corrected chi connectivity index (χ2v) is 15.9. The van der Waals surface area contributed by atoms with Gasteiger partial charge in [-0.05, 0) is 128 Å². The molecule has 4 aliphatic rings. The van der Waals surface area contributed by atoms with Crippen LogP contribution in [0.2, 0.25) is 0 Å². The lowest BCUT2D eigenvalue weighted by molar-refractivity contribution is -0.515. The average Bonchev–Trinajstić information content (AvgIpc) is 3.17. The van der Waals surface area contributed by atoms with Gasteiger partial charge in [-0.25, -0.2) is 0 Å². The Morgan fingerprint density at radius 1 is 0.648 bits per heavy atom. The predicted molar refractivity (Wildman–Crippen MR) is 224 cm³/mol. The standard InChI is InChI=1S/C50H57N4/c1-37-13-7-9-15-45(37)47-27-24-39(34-52(47)4)18-21-42-31-43(22-19-40-25-28-48(53(5)35-40)46-16-10-8-14-38(46)2)33-44(32-42)23-20-41-26-29-50(54(6)36-41)49-17-11-12-30-51(49)3/h7-17,24-30,34-36,42-44H,4-6,18-23,31-33H2,1-3H3/q+1/b50-49-/t42-,43+,44?. The lowest BCUT2D eigenvalue weighted by atomic mass is 9.70. The van der Waals surface area contributed by atoms with Crippen LogP contribution in [-0.2, 0) is 6.42 Å². The summed E-state index contributed by atoms with van der Waals surface area (Å²) in [6, 6.07) is 24.0. The van der Waals surface area contributed by atoms with Gasteiger partial charge >= 0.3 is 0 Å². The highest BCUT2D eigenvalue weighted by Crippen LogP contribution is 2.41. The number of pyridine rings is 1. The second-order valence-electron chi connectivity index (χ2n) is 15.9. The summed E-state index contributed by atoms with van der Waals surface area (Å²) in [6.45, 7) is 17.5. The van der Waals surface area contributed by atoms with Crippen molar-refractivity contribution < 1.29 is 13.4 Å². The quantitative estimate of drug-likeness (QED) is 0.143. The molecule has 4 nitrogen and oxygen atoms in total. The number of hydrogen-bond donors (Lipinski definition) is 0. The Morgan fingerprint density at radius 3 is 1.65 bits per heavy atom. The van der Waals surface area contributed by atoms with E-state index in [4.69, 9.17) is 0 Å². The maximum absolute atomic E-state index is 4.39. The molecule has 0 N–H and O–H groups in total. The van der Waals surface area contributed by atoms with E-state index in [0.29, 0.717) is 0 Å². The van der Waals surface area contributed by atoms with Gasteiger partial charge in [-0.1, -0.05) is 79.6 Å². The van der Waals surface area contributed by atoms with Crippen molar-refractivity contribution in [1.29, 1.82) is 0 Å². The number of hydrogen-bond acceptors (Lipinski definition) is 1. The van der Waals surface area contributed by atoms with Crippen molar-refractivity contribution in [2.24, 2.45) is 17.8 Å². The molecule has 276 valence electrons. The van der Waals surface area contributed by atoms with Crippen LogP contribution in [-0.4, -0.2) is 34.5 Å². The summed E-state index contributed by atoms with van der Waals surface area (Å²) < 4.78 is 6.19. The molecular formula is C50H57N4+. The Labute approximate surface area is 323 Å². The zero-order chi connectivity index (χ0) is 37.6. The number of rotatable bonds is 11. The number of allylic oxidation sites excluding steroid dienone is 6. The van der Waals surface area contributed by atoms with Gasteiger partial charge in [-0.3, -0.25) is 9.15 Å². The number of benzene rings is 2. The molecule has 1 saturated carbocycles. The SMILES string of the molecule is C=[N+]1C=C(CC[C@@H]2CC(CCc3cc/c(=C4\C=CC=CN4C)[n+](=C)c3)C[C@H](CCC3=C[N+](=C)[C-](c4ccccc4C)C=C3)C2)C=C[C-]1c1ccccc1C. The predicted octanol–water partition coefficient (Wildman–Crippen LogP) is 9.37. The van der Waals surface area contributed by atoms with Gasteiger partial charge in [0.25, 0.3) is 0 Å². The van der Waals surface area contributed by atoms with Crippen LogP contribution in [0, 0.1) is 50.4 Å². The Bertz CT molecular complexity index is 2090. The summed E-state index contributed by atoms with van der Waals surface area (Å²) in [5.41, 5.74) is 10.3. The molecule has 2 aromatic carbocycles. The molecule has 0 bridgehead atoms. The topological polar surface area (TPSA) is 15.2 Å². The van der Waals surface area contributed by atoms with Gasteiger partial charge in [0.05, 0.1) is 13.4 Å². The molecule has 4 heterocycles. The van der Waals surface area contributed by atoms with E-state index in [1.54, 1.807) is 0 Å². The Kier molecular flexibility index (Phi) is 11.5.